The summed E-state index contributed by atoms with van der Waals surface area (Å²) >= 11 is 0. The Labute approximate surface area is 158 Å². The molecule has 0 saturated heterocycles. The lowest BCUT2D eigenvalue weighted by atomic mass is 9.77. The standard InChI is InChI=1S/C19H10F7NO2/c20-9-3-8(7-27)4-10(5-9)29-13-2-1-11-15-14(13)16(22)12(21)6-17(15,28)19(25,26)18(11,23)24/h1-5,12,16,28H,6H2. The van der Waals surface area contributed by atoms with Crippen molar-refractivity contribution >= 4 is 0 Å². The van der Waals surface area contributed by atoms with E-state index in [0.29, 0.717) is 12.1 Å². The lowest BCUT2D eigenvalue weighted by Crippen LogP contribution is -2.52. The van der Waals surface area contributed by atoms with Crippen molar-refractivity contribution in [3.05, 3.63) is 58.4 Å². The van der Waals surface area contributed by atoms with Crippen LogP contribution in [0.15, 0.2) is 30.3 Å². The van der Waals surface area contributed by atoms with E-state index >= 15 is 0 Å². The van der Waals surface area contributed by atoms with Crippen molar-refractivity contribution in [2.45, 2.75) is 36.2 Å². The van der Waals surface area contributed by atoms with Crippen molar-refractivity contribution in [3.8, 4) is 17.6 Å². The van der Waals surface area contributed by atoms with E-state index in [2.05, 4.69) is 0 Å². The molecule has 0 amide bonds. The first-order valence-corrected chi connectivity index (χ1v) is 8.26. The van der Waals surface area contributed by atoms with Gasteiger partial charge in [0.15, 0.2) is 11.8 Å². The highest BCUT2D eigenvalue weighted by Crippen LogP contribution is 2.66. The molecule has 10 heteroatoms. The van der Waals surface area contributed by atoms with Gasteiger partial charge in [0.25, 0.3) is 0 Å². The monoisotopic (exact) mass is 417 g/mol. The van der Waals surface area contributed by atoms with Gasteiger partial charge in [0.05, 0.1) is 11.6 Å². The van der Waals surface area contributed by atoms with Crippen LogP contribution in [-0.4, -0.2) is 17.2 Å². The number of ether oxygens (including phenoxy) is 1. The Balaban J connectivity index is 1.94. The maximum Gasteiger partial charge on any atom is 0.346 e. The van der Waals surface area contributed by atoms with Crippen LogP contribution in [0.5, 0.6) is 11.5 Å². The van der Waals surface area contributed by atoms with Gasteiger partial charge in [0.1, 0.15) is 23.5 Å². The summed E-state index contributed by atoms with van der Waals surface area (Å²) in [6, 6.07) is 5.53. The van der Waals surface area contributed by atoms with Crippen LogP contribution in [0.25, 0.3) is 0 Å². The van der Waals surface area contributed by atoms with E-state index in [0.717, 1.165) is 18.2 Å². The first kappa shape index (κ1) is 19.5. The topological polar surface area (TPSA) is 53.2 Å². The second kappa shape index (κ2) is 5.86. The fourth-order valence-corrected chi connectivity index (χ4v) is 3.87. The van der Waals surface area contributed by atoms with E-state index < -0.39 is 64.5 Å². The summed E-state index contributed by atoms with van der Waals surface area (Å²) in [6.45, 7) is 0. The quantitative estimate of drug-likeness (QED) is 0.686. The summed E-state index contributed by atoms with van der Waals surface area (Å²) < 4.78 is 105. The first-order chi connectivity index (χ1) is 13.4. The molecule has 152 valence electrons. The van der Waals surface area contributed by atoms with Crippen LogP contribution in [0, 0.1) is 17.1 Å². The first-order valence-electron chi connectivity index (χ1n) is 8.26. The molecule has 2 aromatic carbocycles. The molecule has 0 aromatic heterocycles. The van der Waals surface area contributed by atoms with Gasteiger partial charge in [-0.1, -0.05) is 0 Å². The molecule has 0 spiro atoms. The van der Waals surface area contributed by atoms with Gasteiger partial charge in [-0.2, -0.15) is 22.8 Å². The second-order valence-corrected chi connectivity index (χ2v) is 6.92. The summed E-state index contributed by atoms with van der Waals surface area (Å²) in [4.78, 5) is 0. The normalized spacial score (nSPS) is 28.5. The number of alkyl halides is 6. The number of hydrogen-bond donors (Lipinski definition) is 1. The number of aliphatic hydroxyl groups is 1. The van der Waals surface area contributed by atoms with Crippen LogP contribution < -0.4 is 4.74 Å². The fraction of sp³-hybridized carbons (Fsp3) is 0.316. The summed E-state index contributed by atoms with van der Waals surface area (Å²) in [7, 11) is 0. The van der Waals surface area contributed by atoms with E-state index in [-0.39, 0.29) is 11.3 Å². The molecule has 1 N–H and O–H groups in total. The summed E-state index contributed by atoms with van der Waals surface area (Å²) in [5.41, 5.74) is -7.31. The van der Waals surface area contributed by atoms with E-state index in [4.69, 9.17) is 10.00 Å². The van der Waals surface area contributed by atoms with Gasteiger partial charge >= 0.3 is 11.8 Å². The molecular formula is C19H10F7NO2. The average Bonchev–Trinajstić information content (AvgIpc) is 2.75. The molecule has 0 aliphatic heterocycles. The SMILES string of the molecule is N#Cc1cc(F)cc(Oc2ccc3c4c2C(F)C(F)CC4(O)C(F)(F)C3(F)F)c1. The maximum atomic E-state index is 14.6. The molecular weight excluding hydrogens is 407 g/mol. The third-order valence-corrected chi connectivity index (χ3v) is 5.18. The largest absolute Gasteiger partial charge is 0.457 e. The second-order valence-electron chi connectivity index (χ2n) is 6.92. The number of halogens is 7. The zero-order chi connectivity index (χ0) is 21.4. The maximum absolute atomic E-state index is 14.6. The Morgan fingerprint density at radius 1 is 1.10 bits per heavy atom. The fourth-order valence-electron chi connectivity index (χ4n) is 3.87. The molecule has 29 heavy (non-hydrogen) atoms. The third-order valence-electron chi connectivity index (χ3n) is 5.18. The molecule has 0 radical (unpaired) electrons. The minimum Gasteiger partial charge on any atom is -0.457 e. The Hall–Kier alpha value is -2.80. The highest BCUT2D eigenvalue weighted by Gasteiger charge is 2.78. The Bertz CT molecular complexity index is 1070. The lowest BCUT2D eigenvalue weighted by Gasteiger charge is -2.38. The molecule has 0 heterocycles. The molecule has 2 aliphatic rings. The van der Waals surface area contributed by atoms with Crippen molar-refractivity contribution < 1.29 is 40.6 Å². The van der Waals surface area contributed by atoms with Crippen LogP contribution in [0.4, 0.5) is 30.7 Å². The molecule has 0 saturated carbocycles. The minimum absolute atomic E-state index is 0.190. The number of nitriles is 1. The molecule has 4 rings (SSSR count). The zero-order valence-corrected chi connectivity index (χ0v) is 14.2. The average molecular weight is 417 g/mol. The third kappa shape index (κ3) is 2.40. The number of hydrogen-bond acceptors (Lipinski definition) is 3. The van der Waals surface area contributed by atoms with Crippen molar-refractivity contribution in [1.29, 1.82) is 5.26 Å². The van der Waals surface area contributed by atoms with Crippen LogP contribution in [-0.2, 0) is 11.5 Å². The Morgan fingerprint density at radius 3 is 2.45 bits per heavy atom. The van der Waals surface area contributed by atoms with Crippen LogP contribution in [0.1, 0.15) is 34.8 Å². The molecule has 0 bridgehead atoms. The number of benzene rings is 2. The predicted octanol–water partition coefficient (Wildman–Crippen LogP) is 5.17. The summed E-state index contributed by atoms with van der Waals surface area (Å²) in [5.74, 6) is -11.9. The van der Waals surface area contributed by atoms with E-state index in [9.17, 15) is 35.8 Å². The van der Waals surface area contributed by atoms with Gasteiger partial charge in [-0.15, -0.1) is 0 Å². The molecule has 3 nitrogen and oxygen atoms in total. The van der Waals surface area contributed by atoms with Crippen molar-refractivity contribution in [2.24, 2.45) is 0 Å². The molecule has 2 aromatic rings. The highest BCUT2D eigenvalue weighted by molar-refractivity contribution is 5.59. The van der Waals surface area contributed by atoms with Gasteiger partial charge in [0, 0.05) is 29.2 Å². The smallest absolute Gasteiger partial charge is 0.346 e. The number of nitrogens with zero attached hydrogens (tertiary/aromatic N) is 1. The minimum atomic E-state index is -5.09. The van der Waals surface area contributed by atoms with E-state index in [1.54, 1.807) is 6.07 Å². The van der Waals surface area contributed by atoms with Crippen LogP contribution in [0.2, 0.25) is 0 Å². The van der Waals surface area contributed by atoms with Gasteiger partial charge in [-0.05, 0) is 24.3 Å². The van der Waals surface area contributed by atoms with Gasteiger partial charge < -0.3 is 9.84 Å². The van der Waals surface area contributed by atoms with Crippen molar-refractivity contribution in [3.63, 3.8) is 0 Å². The van der Waals surface area contributed by atoms with Gasteiger partial charge in [0.2, 0.25) is 0 Å². The Kier molecular flexibility index (Phi) is 3.94. The summed E-state index contributed by atoms with van der Waals surface area (Å²) in [6.07, 6.45) is -6.93. The molecule has 3 unspecified atom stereocenters. The summed E-state index contributed by atoms with van der Waals surface area (Å²) in [5, 5.41) is 19.2. The zero-order valence-electron chi connectivity index (χ0n) is 14.2. The highest BCUT2D eigenvalue weighted by atomic mass is 19.3. The van der Waals surface area contributed by atoms with Gasteiger partial charge in [-0.3, -0.25) is 0 Å². The Morgan fingerprint density at radius 2 is 1.79 bits per heavy atom. The van der Waals surface area contributed by atoms with Crippen molar-refractivity contribution in [2.75, 3.05) is 0 Å². The van der Waals surface area contributed by atoms with E-state index in [1.165, 1.54) is 0 Å². The van der Waals surface area contributed by atoms with E-state index in [1.807, 2.05) is 0 Å². The van der Waals surface area contributed by atoms with Gasteiger partial charge in [-0.25, -0.2) is 13.2 Å². The lowest BCUT2D eigenvalue weighted by molar-refractivity contribution is -0.293. The van der Waals surface area contributed by atoms with Crippen molar-refractivity contribution in [1.82, 2.24) is 0 Å². The predicted molar refractivity (Wildman–Crippen MR) is 83.7 cm³/mol. The molecule has 3 atom stereocenters. The van der Waals surface area contributed by atoms with Crippen LogP contribution >= 0.6 is 0 Å². The van der Waals surface area contributed by atoms with Crippen LogP contribution in [0.3, 0.4) is 0 Å². The number of rotatable bonds is 2. The molecule has 2 aliphatic carbocycles. The molecule has 0 fully saturated rings.